The summed E-state index contributed by atoms with van der Waals surface area (Å²) >= 11 is 7.30. The Kier molecular flexibility index (Phi) is 4.52. The van der Waals surface area contributed by atoms with Gasteiger partial charge in [0.05, 0.1) is 23.6 Å². The highest BCUT2D eigenvalue weighted by atomic mass is 35.5. The number of ether oxygens (including phenoxy) is 1. The second-order valence-corrected chi connectivity index (χ2v) is 7.87. The molecule has 0 radical (unpaired) electrons. The van der Waals surface area contributed by atoms with Gasteiger partial charge in [-0.15, -0.1) is 10.2 Å². The average Bonchev–Trinajstić information content (AvgIpc) is 3.36. The van der Waals surface area contributed by atoms with Crippen LogP contribution in [0.1, 0.15) is 34.6 Å². The Labute approximate surface area is 179 Å². The molecule has 0 N–H and O–H groups in total. The number of halogens is 1. The smallest absolute Gasteiger partial charge is 0.297 e. The van der Waals surface area contributed by atoms with Crippen molar-refractivity contribution in [1.82, 2.24) is 10.2 Å². The highest BCUT2D eigenvalue weighted by Gasteiger charge is 2.45. The van der Waals surface area contributed by atoms with Gasteiger partial charge in [0, 0.05) is 5.02 Å². The van der Waals surface area contributed by atoms with Crippen LogP contribution in [-0.2, 0) is 0 Å². The molecule has 0 saturated carbocycles. The summed E-state index contributed by atoms with van der Waals surface area (Å²) in [6, 6.07) is 11.3. The average molecular weight is 440 g/mol. The molecule has 3 heterocycles. The normalized spacial score (nSPS) is 15.6. The molecule has 0 saturated heterocycles. The van der Waals surface area contributed by atoms with E-state index in [1.807, 2.05) is 31.2 Å². The molecule has 0 unspecified atom stereocenters. The summed E-state index contributed by atoms with van der Waals surface area (Å²) in [5.74, 6) is 0.195. The largest absolute Gasteiger partial charge is 0.494 e. The number of carbonyl (C=O) groups is 1. The Bertz CT molecular complexity index is 1340. The van der Waals surface area contributed by atoms with Crippen LogP contribution in [0, 0.1) is 0 Å². The van der Waals surface area contributed by atoms with E-state index in [4.69, 9.17) is 20.8 Å². The van der Waals surface area contributed by atoms with Crippen LogP contribution in [0.2, 0.25) is 5.02 Å². The third kappa shape index (κ3) is 2.88. The van der Waals surface area contributed by atoms with Crippen molar-refractivity contribution in [2.45, 2.75) is 13.0 Å². The molecule has 2 aromatic carbocycles. The molecular formula is C21H14ClN3O4S. The molecule has 7 nitrogen and oxygen atoms in total. The first-order chi connectivity index (χ1) is 14.6. The fourth-order valence-corrected chi connectivity index (χ4v) is 4.43. The van der Waals surface area contributed by atoms with Gasteiger partial charge in [-0.05, 0) is 42.8 Å². The summed E-state index contributed by atoms with van der Waals surface area (Å²) < 4.78 is 11.5. The van der Waals surface area contributed by atoms with E-state index in [2.05, 4.69) is 10.2 Å². The Morgan fingerprint density at radius 3 is 2.87 bits per heavy atom. The molecule has 1 aliphatic heterocycles. The summed E-state index contributed by atoms with van der Waals surface area (Å²) in [6.45, 7) is 2.38. The van der Waals surface area contributed by atoms with E-state index in [1.54, 1.807) is 18.2 Å². The van der Waals surface area contributed by atoms with Crippen molar-refractivity contribution in [2.24, 2.45) is 0 Å². The van der Waals surface area contributed by atoms with Crippen LogP contribution in [0.3, 0.4) is 0 Å². The molecule has 2 aromatic heterocycles. The van der Waals surface area contributed by atoms with Crippen LogP contribution in [0.15, 0.2) is 57.2 Å². The fourth-order valence-electron chi connectivity index (χ4n) is 3.67. The maximum atomic E-state index is 13.5. The Morgan fingerprint density at radius 1 is 1.23 bits per heavy atom. The molecule has 150 valence electrons. The zero-order valence-corrected chi connectivity index (χ0v) is 17.2. The van der Waals surface area contributed by atoms with Crippen LogP contribution in [0.4, 0.5) is 5.13 Å². The van der Waals surface area contributed by atoms with Crippen molar-refractivity contribution in [3.8, 4) is 5.75 Å². The van der Waals surface area contributed by atoms with Crippen LogP contribution >= 0.6 is 22.9 Å². The van der Waals surface area contributed by atoms with Crippen molar-refractivity contribution < 1.29 is 13.9 Å². The number of anilines is 1. The van der Waals surface area contributed by atoms with Crippen molar-refractivity contribution in [3.05, 3.63) is 80.1 Å². The van der Waals surface area contributed by atoms with Crippen molar-refractivity contribution in [3.63, 3.8) is 0 Å². The van der Waals surface area contributed by atoms with E-state index in [-0.39, 0.29) is 16.8 Å². The van der Waals surface area contributed by atoms with Crippen LogP contribution in [0.5, 0.6) is 5.75 Å². The molecule has 0 spiro atoms. The maximum absolute atomic E-state index is 13.5. The number of fused-ring (bicyclic) bond motifs is 2. The lowest BCUT2D eigenvalue weighted by Crippen LogP contribution is -2.29. The van der Waals surface area contributed by atoms with Gasteiger partial charge >= 0.3 is 0 Å². The monoisotopic (exact) mass is 439 g/mol. The molecule has 0 bridgehead atoms. The number of amides is 1. The van der Waals surface area contributed by atoms with E-state index in [9.17, 15) is 9.59 Å². The van der Waals surface area contributed by atoms with Gasteiger partial charge in [0.25, 0.3) is 5.91 Å². The van der Waals surface area contributed by atoms with Crippen LogP contribution in [0.25, 0.3) is 11.0 Å². The summed E-state index contributed by atoms with van der Waals surface area (Å²) in [5, 5.41) is 9.01. The maximum Gasteiger partial charge on any atom is 0.297 e. The third-order valence-electron chi connectivity index (χ3n) is 4.87. The minimum atomic E-state index is -0.722. The van der Waals surface area contributed by atoms with Gasteiger partial charge in [-0.2, -0.15) is 0 Å². The van der Waals surface area contributed by atoms with Crippen molar-refractivity contribution >= 4 is 44.9 Å². The summed E-state index contributed by atoms with van der Waals surface area (Å²) in [4.78, 5) is 28.2. The highest BCUT2D eigenvalue weighted by molar-refractivity contribution is 7.13. The molecule has 9 heteroatoms. The lowest BCUT2D eigenvalue weighted by Gasteiger charge is -2.22. The lowest BCUT2D eigenvalue weighted by atomic mass is 9.98. The lowest BCUT2D eigenvalue weighted by molar-refractivity contribution is 0.0970. The second-order valence-electron chi connectivity index (χ2n) is 6.62. The Hall–Kier alpha value is -3.23. The fraction of sp³-hybridized carbons (Fsp3) is 0.143. The van der Waals surface area contributed by atoms with E-state index in [0.717, 1.165) is 0 Å². The molecule has 0 fully saturated rings. The van der Waals surface area contributed by atoms with E-state index < -0.39 is 11.9 Å². The standard InChI is InChI=1S/C21H14ClN3O4S/c1-2-28-13-5-3-4-11(8-13)17-16-18(26)14-9-12(22)6-7-15(14)29-19(16)20(27)25(17)21-24-23-10-30-21/h3-10,17H,2H2,1H3/t17-/m0/s1. The molecule has 0 aliphatic carbocycles. The number of benzene rings is 2. The van der Waals surface area contributed by atoms with Crippen molar-refractivity contribution in [2.75, 3.05) is 11.5 Å². The molecular weight excluding hydrogens is 426 g/mol. The molecule has 5 rings (SSSR count). The summed E-state index contributed by atoms with van der Waals surface area (Å²) in [5.41, 5.74) is 2.49. The zero-order valence-electron chi connectivity index (χ0n) is 15.7. The first-order valence-electron chi connectivity index (χ1n) is 9.17. The second kappa shape index (κ2) is 7.23. The van der Waals surface area contributed by atoms with E-state index in [0.29, 0.717) is 39.0 Å². The van der Waals surface area contributed by atoms with E-state index >= 15 is 0 Å². The summed E-state index contributed by atoms with van der Waals surface area (Å²) in [6.07, 6.45) is 0. The minimum Gasteiger partial charge on any atom is -0.494 e. The van der Waals surface area contributed by atoms with Crippen LogP contribution < -0.4 is 15.1 Å². The number of hydrogen-bond donors (Lipinski definition) is 0. The quantitative estimate of drug-likeness (QED) is 0.467. The van der Waals surface area contributed by atoms with Crippen LogP contribution in [-0.4, -0.2) is 22.7 Å². The van der Waals surface area contributed by atoms with Gasteiger partial charge in [-0.25, -0.2) is 0 Å². The molecule has 4 aromatic rings. The van der Waals surface area contributed by atoms with Gasteiger partial charge in [-0.3, -0.25) is 14.5 Å². The molecule has 1 amide bonds. The minimum absolute atomic E-state index is 0.00293. The topological polar surface area (TPSA) is 85.5 Å². The number of rotatable bonds is 4. The number of carbonyl (C=O) groups excluding carboxylic acids is 1. The Balaban J connectivity index is 1.80. The van der Waals surface area contributed by atoms with E-state index in [1.165, 1.54) is 21.7 Å². The molecule has 1 aliphatic rings. The number of hydrogen-bond acceptors (Lipinski definition) is 7. The van der Waals surface area contributed by atoms with Gasteiger partial charge in [-0.1, -0.05) is 35.1 Å². The first kappa shape index (κ1) is 18.8. The zero-order chi connectivity index (χ0) is 20.8. The van der Waals surface area contributed by atoms with Gasteiger partial charge < -0.3 is 9.15 Å². The predicted molar refractivity (Wildman–Crippen MR) is 114 cm³/mol. The highest BCUT2D eigenvalue weighted by Crippen LogP contribution is 2.42. The first-order valence-corrected chi connectivity index (χ1v) is 10.4. The van der Waals surface area contributed by atoms with Gasteiger partial charge in [0.2, 0.25) is 10.9 Å². The van der Waals surface area contributed by atoms with Gasteiger partial charge in [0.1, 0.15) is 16.8 Å². The van der Waals surface area contributed by atoms with Crippen molar-refractivity contribution in [1.29, 1.82) is 0 Å². The van der Waals surface area contributed by atoms with Gasteiger partial charge in [0.15, 0.2) is 5.43 Å². The summed E-state index contributed by atoms with van der Waals surface area (Å²) in [7, 11) is 0. The SMILES string of the molecule is CCOc1cccc([C@H]2c3c(oc4ccc(Cl)cc4c3=O)C(=O)N2c2nncs2)c1. The Morgan fingerprint density at radius 2 is 2.10 bits per heavy atom. The molecule has 30 heavy (non-hydrogen) atoms. The number of nitrogens with zero attached hydrogens (tertiary/aromatic N) is 3. The predicted octanol–water partition coefficient (Wildman–Crippen LogP) is 4.45. The number of aromatic nitrogens is 2. The third-order valence-corrected chi connectivity index (χ3v) is 5.80. The molecule has 1 atom stereocenters.